The Kier molecular flexibility index (Phi) is 3.97. The van der Waals surface area contributed by atoms with E-state index in [1.807, 2.05) is 0 Å². The molecule has 0 spiro atoms. The molecule has 0 saturated carbocycles. The van der Waals surface area contributed by atoms with Crippen molar-refractivity contribution in [3.63, 3.8) is 0 Å². The van der Waals surface area contributed by atoms with Crippen LogP contribution in [0.4, 0.5) is 4.79 Å². The van der Waals surface area contributed by atoms with Gasteiger partial charge in [0.25, 0.3) is 0 Å². The molecular formula is C8H14N2O3. The van der Waals surface area contributed by atoms with Crippen molar-refractivity contribution in [3.8, 4) is 0 Å². The molecule has 0 unspecified atom stereocenters. The first kappa shape index (κ1) is 11.5. The van der Waals surface area contributed by atoms with E-state index in [2.05, 4.69) is 5.32 Å². The van der Waals surface area contributed by atoms with Gasteiger partial charge in [0.2, 0.25) is 5.91 Å². The lowest BCUT2D eigenvalue weighted by Gasteiger charge is -2.18. The number of nitrogens with one attached hydrogen (secondary N) is 1. The molecule has 5 nitrogen and oxygen atoms in total. The molecule has 0 aliphatic rings. The van der Waals surface area contributed by atoms with E-state index in [4.69, 9.17) is 10.5 Å². The van der Waals surface area contributed by atoms with Crippen LogP contribution >= 0.6 is 0 Å². The summed E-state index contributed by atoms with van der Waals surface area (Å²) in [7, 11) is 0. The van der Waals surface area contributed by atoms with Crippen LogP contribution in [0.3, 0.4) is 0 Å². The third-order valence-electron chi connectivity index (χ3n) is 0.848. The van der Waals surface area contributed by atoms with Gasteiger partial charge in [-0.1, -0.05) is 0 Å². The van der Waals surface area contributed by atoms with Crippen molar-refractivity contribution in [2.24, 2.45) is 5.73 Å². The monoisotopic (exact) mass is 186 g/mol. The molecule has 0 aromatic carbocycles. The number of alkyl carbamates (subject to hydrolysis) is 1. The van der Waals surface area contributed by atoms with Gasteiger partial charge in [-0.2, -0.15) is 0 Å². The summed E-state index contributed by atoms with van der Waals surface area (Å²) in [5.74, 6) is -0.629. The fourth-order valence-electron chi connectivity index (χ4n) is 0.499. The van der Waals surface area contributed by atoms with Crippen molar-refractivity contribution >= 4 is 12.0 Å². The van der Waals surface area contributed by atoms with Gasteiger partial charge in [-0.15, -0.1) is 0 Å². The van der Waals surface area contributed by atoms with Crippen molar-refractivity contribution in [1.29, 1.82) is 0 Å². The molecule has 3 N–H and O–H groups in total. The first-order valence-corrected chi connectivity index (χ1v) is 3.77. The lowest BCUT2D eigenvalue weighted by Crippen LogP contribution is -2.29. The van der Waals surface area contributed by atoms with E-state index in [9.17, 15) is 9.59 Å². The molecule has 0 radical (unpaired) electrons. The zero-order valence-electron chi connectivity index (χ0n) is 7.96. The highest BCUT2D eigenvalue weighted by molar-refractivity contribution is 5.86. The first-order chi connectivity index (χ1) is 5.81. The second kappa shape index (κ2) is 4.49. The Labute approximate surface area is 76.9 Å². The molecule has 74 valence electrons. The predicted molar refractivity (Wildman–Crippen MR) is 47.7 cm³/mol. The number of amides is 2. The molecule has 0 aliphatic heterocycles. The van der Waals surface area contributed by atoms with Gasteiger partial charge in [-0.3, -0.25) is 10.1 Å². The molecule has 0 rings (SSSR count). The Morgan fingerprint density at radius 3 is 2.31 bits per heavy atom. The molecule has 5 heteroatoms. The Morgan fingerprint density at radius 2 is 1.92 bits per heavy atom. The summed E-state index contributed by atoms with van der Waals surface area (Å²) in [5.41, 5.74) is 4.24. The highest BCUT2D eigenvalue weighted by Crippen LogP contribution is 2.05. The van der Waals surface area contributed by atoms with Gasteiger partial charge >= 0.3 is 6.09 Å². The smallest absolute Gasteiger partial charge is 0.411 e. The molecule has 2 amide bonds. The second-order valence-electron chi connectivity index (χ2n) is 3.38. The molecule has 0 saturated heterocycles. The van der Waals surface area contributed by atoms with Gasteiger partial charge in [0.05, 0.1) is 0 Å². The molecule has 0 heterocycles. The van der Waals surface area contributed by atoms with E-state index >= 15 is 0 Å². The average Bonchev–Trinajstić information content (AvgIpc) is 1.81. The zero-order chi connectivity index (χ0) is 10.5. The number of rotatable bonds is 2. The van der Waals surface area contributed by atoms with Crippen molar-refractivity contribution in [1.82, 2.24) is 5.32 Å². The minimum Gasteiger partial charge on any atom is -0.444 e. The summed E-state index contributed by atoms with van der Waals surface area (Å²) in [6, 6.07) is 0. The topological polar surface area (TPSA) is 81.4 Å². The highest BCUT2D eigenvalue weighted by atomic mass is 16.6. The maximum atomic E-state index is 10.9. The Balaban J connectivity index is 3.83. The summed E-state index contributed by atoms with van der Waals surface area (Å²) in [6.45, 7) is 5.22. The number of carbonyl (C=O) groups is 2. The maximum absolute atomic E-state index is 10.9. The van der Waals surface area contributed by atoms with Crippen LogP contribution in [0.15, 0.2) is 12.3 Å². The largest absolute Gasteiger partial charge is 0.444 e. The molecule has 0 aromatic heterocycles. The van der Waals surface area contributed by atoms with Crippen LogP contribution in [0.5, 0.6) is 0 Å². The third kappa shape index (κ3) is 8.39. The van der Waals surface area contributed by atoms with E-state index in [0.29, 0.717) is 0 Å². The van der Waals surface area contributed by atoms with Crippen LogP contribution in [0.1, 0.15) is 20.8 Å². The van der Waals surface area contributed by atoms with E-state index in [1.165, 1.54) is 0 Å². The summed E-state index contributed by atoms with van der Waals surface area (Å²) in [4.78, 5) is 21.1. The van der Waals surface area contributed by atoms with Gasteiger partial charge in [-0.05, 0) is 20.8 Å². The van der Waals surface area contributed by atoms with Crippen LogP contribution in [-0.2, 0) is 9.53 Å². The summed E-state index contributed by atoms with van der Waals surface area (Å²) < 4.78 is 4.87. The van der Waals surface area contributed by atoms with Gasteiger partial charge in [0, 0.05) is 12.3 Å². The fourth-order valence-corrected chi connectivity index (χ4v) is 0.499. The van der Waals surface area contributed by atoms with Crippen LogP contribution in [0.2, 0.25) is 0 Å². The summed E-state index contributed by atoms with van der Waals surface area (Å²) in [5, 5.41) is 2.23. The quantitative estimate of drug-likeness (QED) is 0.616. The van der Waals surface area contributed by atoms with Crippen LogP contribution in [-0.4, -0.2) is 17.6 Å². The minimum atomic E-state index is -0.629. The Bertz CT molecular complexity index is 228. The number of nitrogens with two attached hydrogens (primary N) is 1. The lowest BCUT2D eigenvalue weighted by atomic mass is 10.2. The zero-order valence-corrected chi connectivity index (χ0v) is 7.96. The minimum absolute atomic E-state index is 0.551. The van der Waals surface area contributed by atoms with Gasteiger partial charge in [0.15, 0.2) is 0 Å². The number of ether oxygens (including phenoxy) is 1. The van der Waals surface area contributed by atoms with Crippen LogP contribution < -0.4 is 11.1 Å². The molecule has 0 aromatic rings. The summed E-state index contributed by atoms with van der Waals surface area (Å²) >= 11 is 0. The normalized spacial score (nSPS) is 11.3. The highest BCUT2D eigenvalue weighted by Gasteiger charge is 2.14. The van der Waals surface area contributed by atoms with Crippen molar-refractivity contribution in [2.45, 2.75) is 26.4 Å². The summed E-state index contributed by atoms with van der Waals surface area (Å²) in [6.07, 6.45) is 1.55. The Morgan fingerprint density at radius 1 is 1.38 bits per heavy atom. The van der Waals surface area contributed by atoms with Gasteiger partial charge < -0.3 is 10.5 Å². The number of primary amides is 1. The molecule has 0 aliphatic carbocycles. The third-order valence-corrected chi connectivity index (χ3v) is 0.848. The Hall–Kier alpha value is -1.52. The molecule has 0 atom stereocenters. The fraction of sp³-hybridized carbons (Fsp3) is 0.500. The van der Waals surface area contributed by atoms with Crippen molar-refractivity contribution in [2.75, 3.05) is 0 Å². The molecular weight excluding hydrogens is 172 g/mol. The van der Waals surface area contributed by atoms with E-state index in [-0.39, 0.29) is 0 Å². The molecule has 0 fully saturated rings. The number of carbonyl (C=O) groups excluding carboxylic acids is 2. The lowest BCUT2D eigenvalue weighted by molar-refractivity contribution is -0.113. The van der Waals surface area contributed by atoms with E-state index in [1.54, 1.807) is 20.8 Å². The maximum Gasteiger partial charge on any atom is 0.411 e. The van der Waals surface area contributed by atoms with Crippen molar-refractivity contribution in [3.05, 3.63) is 12.3 Å². The predicted octanol–water partition coefficient (Wildman–Crippen LogP) is 0.510. The van der Waals surface area contributed by atoms with Gasteiger partial charge in [0.1, 0.15) is 5.60 Å². The first-order valence-electron chi connectivity index (χ1n) is 3.77. The number of hydrogen-bond donors (Lipinski definition) is 2. The average molecular weight is 186 g/mol. The standard InChI is InChI=1S/C8H14N2O3/c1-8(2,3)13-7(12)10-5-4-6(9)11/h4-5H,1-3H3,(H2,9,11)(H,10,12)/b5-4-. The van der Waals surface area contributed by atoms with Crippen LogP contribution in [0, 0.1) is 0 Å². The van der Waals surface area contributed by atoms with Crippen LogP contribution in [0.25, 0.3) is 0 Å². The SMILES string of the molecule is CC(C)(C)OC(=O)N/C=C\C(N)=O. The second-order valence-corrected chi connectivity index (χ2v) is 3.38. The number of hydrogen-bond acceptors (Lipinski definition) is 3. The van der Waals surface area contributed by atoms with E-state index in [0.717, 1.165) is 12.3 Å². The van der Waals surface area contributed by atoms with Crippen molar-refractivity contribution < 1.29 is 14.3 Å². The van der Waals surface area contributed by atoms with Gasteiger partial charge in [-0.25, -0.2) is 4.79 Å². The molecule has 0 bridgehead atoms. The molecule has 13 heavy (non-hydrogen) atoms. The van der Waals surface area contributed by atoms with E-state index < -0.39 is 17.6 Å².